The van der Waals surface area contributed by atoms with E-state index in [0.29, 0.717) is 5.75 Å². The predicted molar refractivity (Wildman–Crippen MR) is 35.1 cm³/mol. The number of hydrogen-bond acceptors (Lipinski definition) is 2. The van der Waals surface area contributed by atoms with Gasteiger partial charge >= 0.3 is 6.18 Å². The summed E-state index contributed by atoms with van der Waals surface area (Å²) < 4.78 is 34.5. The van der Waals surface area contributed by atoms with E-state index in [-0.39, 0.29) is 5.75 Å². The minimum atomic E-state index is -4.46. The molecule has 0 rings (SSSR count). The van der Waals surface area contributed by atoms with E-state index in [0.717, 1.165) is 11.8 Å². The quantitative estimate of drug-likeness (QED) is 0.702. The van der Waals surface area contributed by atoms with Crippen LogP contribution in [0.4, 0.5) is 13.2 Å². The second-order valence-corrected chi connectivity index (χ2v) is 3.04. The van der Waals surface area contributed by atoms with E-state index in [1.165, 1.54) is 0 Å². The standard InChI is InChI=1S/C5H9F3OS/c1-2-10-3-4(9)5(6,7)8/h4,9H,2-3H2,1H3/t4-/m1/s1. The Kier molecular flexibility index (Phi) is 4.12. The summed E-state index contributed by atoms with van der Waals surface area (Å²) in [4.78, 5) is 0. The number of halogens is 3. The van der Waals surface area contributed by atoms with E-state index in [9.17, 15) is 13.2 Å². The first kappa shape index (κ1) is 10.1. The highest BCUT2D eigenvalue weighted by Gasteiger charge is 2.37. The van der Waals surface area contributed by atoms with Gasteiger partial charge in [0.15, 0.2) is 6.10 Å². The molecule has 0 aliphatic rings. The summed E-state index contributed by atoms with van der Waals surface area (Å²) in [7, 11) is 0. The molecular weight excluding hydrogens is 165 g/mol. The molecule has 0 aliphatic heterocycles. The van der Waals surface area contributed by atoms with Crippen molar-refractivity contribution in [2.45, 2.75) is 19.2 Å². The Morgan fingerprint density at radius 3 is 2.30 bits per heavy atom. The maximum Gasteiger partial charge on any atom is 0.415 e. The van der Waals surface area contributed by atoms with Crippen LogP contribution in [-0.4, -0.2) is 28.9 Å². The minimum absolute atomic E-state index is 0.264. The molecule has 0 amide bonds. The number of hydrogen-bond donors (Lipinski definition) is 1. The van der Waals surface area contributed by atoms with Gasteiger partial charge in [0.05, 0.1) is 0 Å². The van der Waals surface area contributed by atoms with Gasteiger partial charge in [0, 0.05) is 5.75 Å². The lowest BCUT2D eigenvalue weighted by Gasteiger charge is -2.12. The zero-order chi connectivity index (χ0) is 8.20. The summed E-state index contributed by atoms with van der Waals surface area (Å²) in [6.45, 7) is 1.74. The minimum Gasteiger partial charge on any atom is -0.383 e. The summed E-state index contributed by atoms with van der Waals surface area (Å²) in [5, 5.41) is 8.37. The van der Waals surface area contributed by atoms with E-state index < -0.39 is 12.3 Å². The third kappa shape index (κ3) is 4.00. The first-order valence-electron chi connectivity index (χ1n) is 2.81. The van der Waals surface area contributed by atoms with Gasteiger partial charge in [-0.25, -0.2) is 0 Å². The zero-order valence-corrected chi connectivity index (χ0v) is 6.30. The van der Waals surface area contributed by atoms with Crippen LogP contribution in [-0.2, 0) is 0 Å². The fraction of sp³-hybridized carbons (Fsp3) is 1.00. The van der Waals surface area contributed by atoms with Crippen LogP contribution in [0.25, 0.3) is 0 Å². The maximum atomic E-state index is 11.5. The van der Waals surface area contributed by atoms with Crippen LogP contribution in [0.5, 0.6) is 0 Å². The molecule has 0 saturated carbocycles. The highest BCUT2D eigenvalue weighted by molar-refractivity contribution is 7.99. The lowest BCUT2D eigenvalue weighted by atomic mass is 10.4. The van der Waals surface area contributed by atoms with Crippen molar-refractivity contribution in [1.29, 1.82) is 0 Å². The van der Waals surface area contributed by atoms with Crippen LogP contribution < -0.4 is 0 Å². The molecule has 10 heavy (non-hydrogen) atoms. The fourth-order valence-corrected chi connectivity index (χ4v) is 0.972. The number of aliphatic hydroxyl groups excluding tert-OH is 1. The second kappa shape index (κ2) is 4.08. The Bertz CT molecular complexity index is 93.4. The Labute approximate surface area is 61.6 Å². The molecule has 0 fully saturated rings. The summed E-state index contributed by atoms with van der Waals surface area (Å²) in [5.41, 5.74) is 0. The van der Waals surface area contributed by atoms with Gasteiger partial charge in [-0.15, -0.1) is 0 Å². The van der Waals surface area contributed by atoms with Crippen LogP contribution in [0.2, 0.25) is 0 Å². The van der Waals surface area contributed by atoms with Crippen LogP contribution >= 0.6 is 11.8 Å². The third-order valence-corrected chi connectivity index (χ3v) is 1.82. The Hall–Kier alpha value is 0.100. The normalized spacial score (nSPS) is 15.3. The summed E-state index contributed by atoms with van der Waals surface area (Å²) in [6, 6.07) is 0. The third-order valence-electron chi connectivity index (χ3n) is 0.858. The SMILES string of the molecule is CCSC[C@@H](O)C(F)(F)F. The van der Waals surface area contributed by atoms with Crippen LogP contribution in [0, 0.1) is 0 Å². The van der Waals surface area contributed by atoms with Gasteiger partial charge in [-0.1, -0.05) is 6.92 Å². The number of alkyl halides is 3. The fourth-order valence-electron chi connectivity index (χ4n) is 0.324. The maximum absolute atomic E-state index is 11.5. The molecule has 0 saturated heterocycles. The van der Waals surface area contributed by atoms with E-state index >= 15 is 0 Å². The molecule has 0 radical (unpaired) electrons. The Morgan fingerprint density at radius 1 is 1.50 bits per heavy atom. The summed E-state index contributed by atoms with van der Waals surface area (Å²) in [5.74, 6) is 0.327. The summed E-state index contributed by atoms with van der Waals surface area (Å²) in [6.07, 6.45) is -6.63. The topological polar surface area (TPSA) is 20.2 Å². The average Bonchev–Trinajstić information content (AvgIpc) is 1.80. The zero-order valence-electron chi connectivity index (χ0n) is 5.48. The highest BCUT2D eigenvalue weighted by Crippen LogP contribution is 2.22. The molecule has 1 N–H and O–H groups in total. The molecule has 0 aromatic carbocycles. The Morgan fingerprint density at radius 2 is 2.00 bits per heavy atom. The van der Waals surface area contributed by atoms with Gasteiger partial charge < -0.3 is 5.11 Å². The molecule has 5 heteroatoms. The molecule has 1 atom stereocenters. The van der Waals surface area contributed by atoms with E-state index in [1.807, 2.05) is 0 Å². The molecule has 0 aliphatic carbocycles. The predicted octanol–water partition coefficient (Wildman–Crippen LogP) is 1.66. The van der Waals surface area contributed by atoms with Crippen molar-refractivity contribution in [2.24, 2.45) is 0 Å². The first-order valence-corrected chi connectivity index (χ1v) is 3.96. The van der Waals surface area contributed by atoms with Crippen molar-refractivity contribution in [3.8, 4) is 0 Å². The van der Waals surface area contributed by atoms with Crippen molar-refractivity contribution >= 4 is 11.8 Å². The summed E-state index contributed by atoms with van der Waals surface area (Å²) >= 11 is 1.07. The van der Waals surface area contributed by atoms with E-state index in [2.05, 4.69) is 0 Å². The molecule has 62 valence electrons. The largest absolute Gasteiger partial charge is 0.415 e. The molecule has 0 aromatic heterocycles. The lowest BCUT2D eigenvalue weighted by molar-refractivity contribution is -0.195. The van der Waals surface area contributed by atoms with Crippen LogP contribution in [0.15, 0.2) is 0 Å². The molecule has 0 spiro atoms. The van der Waals surface area contributed by atoms with Gasteiger partial charge in [-0.2, -0.15) is 24.9 Å². The molecular formula is C5H9F3OS. The Balaban J connectivity index is 3.52. The van der Waals surface area contributed by atoms with E-state index in [1.54, 1.807) is 6.92 Å². The van der Waals surface area contributed by atoms with Crippen molar-refractivity contribution in [2.75, 3.05) is 11.5 Å². The monoisotopic (exact) mass is 174 g/mol. The van der Waals surface area contributed by atoms with Crippen molar-refractivity contribution in [1.82, 2.24) is 0 Å². The molecule has 0 bridgehead atoms. The molecule has 0 unspecified atom stereocenters. The lowest BCUT2D eigenvalue weighted by Crippen LogP contribution is -2.30. The molecule has 0 heterocycles. The highest BCUT2D eigenvalue weighted by atomic mass is 32.2. The average molecular weight is 174 g/mol. The van der Waals surface area contributed by atoms with Crippen LogP contribution in [0.1, 0.15) is 6.92 Å². The second-order valence-electron chi connectivity index (χ2n) is 1.72. The smallest absolute Gasteiger partial charge is 0.383 e. The van der Waals surface area contributed by atoms with Crippen molar-refractivity contribution in [3.05, 3.63) is 0 Å². The molecule has 1 nitrogen and oxygen atoms in total. The van der Waals surface area contributed by atoms with Crippen molar-refractivity contribution < 1.29 is 18.3 Å². The molecule has 0 aromatic rings. The van der Waals surface area contributed by atoms with Gasteiger partial charge in [0.2, 0.25) is 0 Å². The van der Waals surface area contributed by atoms with Crippen LogP contribution in [0.3, 0.4) is 0 Å². The van der Waals surface area contributed by atoms with Gasteiger partial charge in [-0.3, -0.25) is 0 Å². The number of rotatable bonds is 3. The van der Waals surface area contributed by atoms with Gasteiger partial charge in [-0.05, 0) is 5.75 Å². The van der Waals surface area contributed by atoms with E-state index in [4.69, 9.17) is 5.11 Å². The van der Waals surface area contributed by atoms with Gasteiger partial charge in [0.25, 0.3) is 0 Å². The van der Waals surface area contributed by atoms with Crippen molar-refractivity contribution in [3.63, 3.8) is 0 Å². The number of thioether (sulfide) groups is 1. The number of aliphatic hydroxyl groups is 1. The first-order chi connectivity index (χ1) is 4.48. The van der Waals surface area contributed by atoms with Gasteiger partial charge in [0.1, 0.15) is 0 Å².